The van der Waals surface area contributed by atoms with E-state index in [4.69, 9.17) is 5.11 Å². The number of unbranched alkanes of at least 4 members (excludes halogenated alkanes) is 3. The molecule has 2 nitrogen and oxygen atoms in total. The van der Waals surface area contributed by atoms with Crippen LogP contribution in [0.4, 0.5) is 0 Å². The standard InChI is InChI=1S/C21H32O2/c1-2-3-4-5-6-7-8-9-10-11-12-13-14-15-16-17-18-19-20-21(22)23/h2-3,6-7,9-10,12-13,15-16H,4-5,8,11,14,17-20H2,1H3,(H,22,23)/b3-2?,7-6?,10-9?,13-12?,16-15-. The lowest BCUT2D eigenvalue weighted by Gasteiger charge is -1.92. The van der Waals surface area contributed by atoms with Crippen molar-refractivity contribution in [2.45, 2.75) is 64.7 Å². The Bertz CT molecular complexity index is 412. The first-order valence-electron chi connectivity index (χ1n) is 8.70. The topological polar surface area (TPSA) is 37.3 Å². The van der Waals surface area contributed by atoms with E-state index in [1.54, 1.807) is 0 Å². The second-order valence-electron chi connectivity index (χ2n) is 5.38. The lowest BCUT2D eigenvalue weighted by atomic mass is 10.2. The molecule has 2 heteroatoms. The smallest absolute Gasteiger partial charge is 0.303 e. The fourth-order valence-electron chi connectivity index (χ4n) is 1.95. The zero-order chi connectivity index (χ0) is 17.0. The van der Waals surface area contributed by atoms with Crippen LogP contribution in [0.1, 0.15) is 64.7 Å². The Kier molecular flexibility index (Phi) is 16.8. The Labute approximate surface area is 142 Å². The highest BCUT2D eigenvalue weighted by Crippen LogP contribution is 2.02. The Morgan fingerprint density at radius 1 is 0.696 bits per heavy atom. The lowest BCUT2D eigenvalue weighted by Crippen LogP contribution is -1.92. The van der Waals surface area contributed by atoms with Crippen LogP contribution in [0, 0.1) is 0 Å². The maximum Gasteiger partial charge on any atom is 0.303 e. The van der Waals surface area contributed by atoms with Crippen molar-refractivity contribution in [2.75, 3.05) is 0 Å². The van der Waals surface area contributed by atoms with E-state index < -0.39 is 5.97 Å². The van der Waals surface area contributed by atoms with Gasteiger partial charge in [0.15, 0.2) is 0 Å². The fourth-order valence-corrected chi connectivity index (χ4v) is 1.95. The third kappa shape index (κ3) is 20.2. The molecule has 1 N–H and O–H groups in total. The first kappa shape index (κ1) is 21.2. The van der Waals surface area contributed by atoms with Crippen LogP contribution in [-0.2, 0) is 4.79 Å². The van der Waals surface area contributed by atoms with Gasteiger partial charge in [-0.1, -0.05) is 60.8 Å². The second-order valence-corrected chi connectivity index (χ2v) is 5.38. The van der Waals surface area contributed by atoms with Gasteiger partial charge in [-0.2, -0.15) is 0 Å². The SMILES string of the molecule is CC=CCCC=CCC=CCC=CC/C=C\CCCCC(=O)O. The van der Waals surface area contributed by atoms with Gasteiger partial charge in [0.25, 0.3) is 0 Å². The van der Waals surface area contributed by atoms with Gasteiger partial charge in [0, 0.05) is 6.42 Å². The summed E-state index contributed by atoms with van der Waals surface area (Å²) in [6.07, 6.45) is 30.0. The molecule has 0 heterocycles. The van der Waals surface area contributed by atoms with Crippen molar-refractivity contribution < 1.29 is 9.90 Å². The van der Waals surface area contributed by atoms with Crippen molar-refractivity contribution in [1.82, 2.24) is 0 Å². The molecule has 0 fully saturated rings. The second kappa shape index (κ2) is 18.2. The molecule has 0 bridgehead atoms. The molecule has 23 heavy (non-hydrogen) atoms. The number of allylic oxidation sites excluding steroid dienone is 10. The molecular weight excluding hydrogens is 284 g/mol. The molecule has 0 aliphatic heterocycles. The minimum atomic E-state index is -0.700. The summed E-state index contributed by atoms with van der Waals surface area (Å²) < 4.78 is 0. The fraction of sp³-hybridized carbons (Fsp3) is 0.476. The average molecular weight is 316 g/mol. The molecule has 0 aliphatic carbocycles. The van der Waals surface area contributed by atoms with Crippen molar-refractivity contribution in [3.05, 3.63) is 60.8 Å². The monoisotopic (exact) mass is 316 g/mol. The number of hydrogen-bond acceptors (Lipinski definition) is 1. The van der Waals surface area contributed by atoms with E-state index in [9.17, 15) is 4.79 Å². The van der Waals surface area contributed by atoms with Crippen molar-refractivity contribution >= 4 is 5.97 Å². The largest absolute Gasteiger partial charge is 0.481 e. The molecule has 0 aromatic heterocycles. The van der Waals surface area contributed by atoms with Crippen LogP contribution in [0.25, 0.3) is 0 Å². The summed E-state index contributed by atoms with van der Waals surface area (Å²) in [5, 5.41) is 8.51. The van der Waals surface area contributed by atoms with Gasteiger partial charge in [-0.05, 0) is 58.3 Å². The summed E-state index contributed by atoms with van der Waals surface area (Å²) >= 11 is 0. The van der Waals surface area contributed by atoms with E-state index in [-0.39, 0.29) is 6.42 Å². The minimum absolute atomic E-state index is 0.283. The Morgan fingerprint density at radius 2 is 1.17 bits per heavy atom. The maximum atomic E-state index is 10.3. The summed E-state index contributed by atoms with van der Waals surface area (Å²) in [6, 6.07) is 0. The van der Waals surface area contributed by atoms with Gasteiger partial charge < -0.3 is 5.11 Å². The normalized spacial score (nSPS) is 12.7. The number of rotatable bonds is 14. The Morgan fingerprint density at radius 3 is 1.70 bits per heavy atom. The molecule has 0 unspecified atom stereocenters. The van der Waals surface area contributed by atoms with Crippen LogP contribution in [0.5, 0.6) is 0 Å². The molecule has 0 radical (unpaired) electrons. The molecule has 128 valence electrons. The summed E-state index contributed by atoms with van der Waals surface area (Å²) in [5.41, 5.74) is 0. The van der Waals surface area contributed by atoms with Crippen LogP contribution in [0.3, 0.4) is 0 Å². The predicted molar refractivity (Wildman–Crippen MR) is 101 cm³/mol. The van der Waals surface area contributed by atoms with Gasteiger partial charge >= 0.3 is 5.97 Å². The van der Waals surface area contributed by atoms with Crippen LogP contribution < -0.4 is 0 Å². The van der Waals surface area contributed by atoms with E-state index >= 15 is 0 Å². The van der Waals surface area contributed by atoms with E-state index in [2.05, 4.69) is 67.7 Å². The van der Waals surface area contributed by atoms with Gasteiger partial charge in [0.2, 0.25) is 0 Å². The molecule has 0 atom stereocenters. The number of carboxylic acid groups (broad SMARTS) is 1. The molecule has 0 aromatic rings. The van der Waals surface area contributed by atoms with Gasteiger partial charge in [-0.25, -0.2) is 0 Å². The maximum absolute atomic E-state index is 10.3. The summed E-state index contributed by atoms with van der Waals surface area (Å²) in [7, 11) is 0. The van der Waals surface area contributed by atoms with Crippen LogP contribution in [-0.4, -0.2) is 11.1 Å². The van der Waals surface area contributed by atoms with Crippen molar-refractivity contribution in [1.29, 1.82) is 0 Å². The Balaban J connectivity index is 3.42. The van der Waals surface area contributed by atoms with Crippen LogP contribution in [0.2, 0.25) is 0 Å². The molecule has 0 aliphatic rings. The average Bonchev–Trinajstić information content (AvgIpc) is 2.53. The zero-order valence-corrected chi connectivity index (χ0v) is 14.5. The summed E-state index contributed by atoms with van der Waals surface area (Å²) in [5.74, 6) is -0.700. The van der Waals surface area contributed by atoms with Gasteiger partial charge in [0.05, 0.1) is 0 Å². The first-order chi connectivity index (χ1) is 11.3. The third-order valence-electron chi connectivity index (χ3n) is 3.23. The summed E-state index contributed by atoms with van der Waals surface area (Å²) in [6.45, 7) is 2.05. The van der Waals surface area contributed by atoms with E-state index in [1.165, 1.54) is 0 Å². The third-order valence-corrected chi connectivity index (χ3v) is 3.23. The van der Waals surface area contributed by atoms with Crippen molar-refractivity contribution in [3.63, 3.8) is 0 Å². The highest BCUT2D eigenvalue weighted by molar-refractivity contribution is 5.66. The zero-order valence-electron chi connectivity index (χ0n) is 14.5. The van der Waals surface area contributed by atoms with Crippen molar-refractivity contribution in [2.24, 2.45) is 0 Å². The molecule has 0 saturated heterocycles. The van der Waals surface area contributed by atoms with Gasteiger partial charge in [0.1, 0.15) is 0 Å². The molecule has 0 amide bonds. The molecule has 0 aromatic carbocycles. The van der Waals surface area contributed by atoms with E-state index in [0.29, 0.717) is 0 Å². The van der Waals surface area contributed by atoms with E-state index in [0.717, 1.165) is 51.4 Å². The summed E-state index contributed by atoms with van der Waals surface area (Å²) in [4.78, 5) is 10.3. The molecule has 0 spiro atoms. The quantitative estimate of drug-likeness (QED) is 0.298. The number of carbonyl (C=O) groups is 1. The lowest BCUT2D eigenvalue weighted by molar-refractivity contribution is -0.137. The Hall–Kier alpha value is -1.83. The highest BCUT2D eigenvalue weighted by Gasteiger charge is 1.93. The minimum Gasteiger partial charge on any atom is -0.481 e. The van der Waals surface area contributed by atoms with Crippen molar-refractivity contribution in [3.8, 4) is 0 Å². The van der Waals surface area contributed by atoms with E-state index in [1.807, 2.05) is 0 Å². The number of hydrogen-bond donors (Lipinski definition) is 1. The molecule has 0 rings (SSSR count). The number of carboxylic acids is 1. The number of aliphatic carboxylic acids is 1. The highest BCUT2D eigenvalue weighted by atomic mass is 16.4. The van der Waals surface area contributed by atoms with Crippen LogP contribution >= 0.6 is 0 Å². The van der Waals surface area contributed by atoms with Crippen LogP contribution in [0.15, 0.2) is 60.8 Å². The van der Waals surface area contributed by atoms with Gasteiger partial charge in [-0.3, -0.25) is 4.79 Å². The first-order valence-corrected chi connectivity index (χ1v) is 8.70. The van der Waals surface area contributed by atoms with Gasteiger partial charge in [-0.15, -0.1) is 0 Å². The predicted octanol–water partition coefficient (Wildman–Crippen LogP) is 6.38. The molecule has 0 saturated carbocycles. The molecular formula is C21H32O2.